The molecule has 0 saturated heterocycles. The number of carboxylic acids is 1. The third kappa shape index (κ3) is 3.95. The summed E-state index contributed by atoms with van der Waals surface area (Å²) in [4.78, 5) is 14.7. The molecule has 2 aromatic heterocycles. The summed E-state index contributed by atoms with van der Waals surface area (Å²) in [5.74, 6) is -2.94. The van der Waals surface area contributed by atoms with Gasteiger partial charge in [-0.3, -0.25) is 0 Å². The zero-order valence-corrected chi connectivity index (χ0v) is 16.5. The Morgan fingerprint density at radius 1 is 1.19 bits per heavy atom. The second-order valence-corrected chi connectivity index (χ2v) is 7.26. The molecule has 1 N–H and O–H groups in total. The first-order valence-corrected chi connectivity index (χ1v) is 9.58. The van der Waals surface area contributed by atoms with E-state index in [0.717, 1.165) is 31.2 Å². The van der Waals surface area contributed by atoms with Gasteiger partial charge in [-0.15, -0.1) is 5.10 Å². The Labute approximate surface area is 178 Å². The number of carboxylic acid groups (broad SMARTS) is 1. The molecule has 0 fully saturated rings. The van der Waals surface area contributed by atoms with Gasteiger partial charge in [0.15, 0.2) is 10.9 Å². The van der Waals surface area contributed by atoms with Gasteiger partial charge in [-0.2, -0.15) is 13.2 Å². The van der Waals surface area contributed by atoms with Crippen LogP contribution >= 0.6 is 11.6 Å². The number of fused-ring (bicyclic) bond motifs is 1. The van der Waals surface area contributed by atoms with Gasteiger partial charge in [-0.1, -0.05) is 11.6 Å². The highest BCUT2D eigenvalue weighted by Crippen LogP contribution is 2.43. The number of hydrogen-bond acceptors (Lipinski definition) is 4. The normalized spacial score (nSPS) is 13.7. The van der Waals surface area contributed by atoms with E-state index < -0.39 is 34.4 Å². The molecular weight excluding hydrogens is 442 g/mol. The minimum absolute atomic E-state index is 0.0358. The molecule has 162 valence electrons. The number of aromatic carboxylic acids is 1. The van der Waals surface area contributed by atoms with E-state index in [0.29, 0.717) is 24.1 Å². The highest BCUT2D eigenvalue weighted by molar-refractivity contribution is 6.31. The lowest BCUT2D eigenvalue weighted by molar-refractivity contribution is -0.138. The number of rotatable bonds is 4. The molecular formula is C20H14ClF4N3O3. The van der Waals surface area contributed by atoms with Gasteiger partial charge in [0.25, 0.3) is 0 Å². The molecule has 4 rings (SSSR count). The average molecular weight is 456 g/mol. The van der Waals surface area contributed by atoms with Gasteiger partial charge >= 0.3 is 12.1 Å². The Morgan fingerprint density at radius 2 is 1.94 bits per heavy atom. The largest absolute Gasteiger partial charge is 0.478 e. The zero-order chi connectivity index (χ0) is 22.3. The van der Waals surface area contributed by atoms with Crippen molar-refractivity contribution in [2.75, 3.05) is 0 Å². The summed E-state index contributed by atoms with van der Waals surface area (Å²) in [5.41, 5.74) is -0.261. The summed E-state index contributed by atoms with van der Waals surface area (Å²) in [7, 11) is 0. The lowest BCUT2D eigenvalue weighted by Gasteiger charge is -2.15. The number of nitrogens with zero attached hydrogens (tertiary/aromatic N) is 3. The van der Waals surface area contributed by atoms with Gasteiger partial charge in [0.2, 0.25) is 5.88 Å². The minimum atomic E-state index is -4.73. The molecule has 0 saturated carbocycles. The number of alkyl halides is 3. The molecule has 11 heteroatoms. The molecule has 0 amide bonds. The molecule has 1 aromatic carbocycles. The third-order valence-corrected chi connectivity index (χ3v) is 5.20. The Bertz CT molecular complexity index is 1180. The molecule has 1 aliphatic carbocycles. The summed E-state index contributed by atoms with van der Waals surface area (Å²) >= 11 is 5.88. The molecule has 0 aliphatic heterocycles. The van der Waals surface area contributed by atoms with Crippen molar-refractivity contribution < 1.29 is 32.2 Å². The van der Waals surface area contributed by atoms with Crippen LogP contribution in [-0.2, 0) is 19.0 Å². The molecule has 3 aromatic rings. The van der Waals surface area contributed by atoms with Crippen molar-refractivity contribution in [2.45, 2.75) is 31.9 Å². The smallest absolute Gasteiger partial charge is 0.420 e. The maximum atomic E-state index is 14.6. The van der Waals surface area contributed by atoms with Crippen molar-refractivity contribution in [1.82, 2.24) is 14.8 Å². The van der Waals surface area contributed by atoms with Crippen LogP contribution in [0.3, 0.4) is 0 Å². The van der Waals surface area contributed by atoms with E-state index in [1.54, 1.807) is 0 Å². The standard InChI is InChI=1S/C20H14ClF4N3O3/c21-17-16(12(7-8-26-17)20(23,24)25)31-18-11-3-1-2-4-14(11)28(27-18)15-6-5-10(19(29)30)9-13(15)22/h5-9H,1-4H2,(H,29,30). The van der Waals surface area contributed by atoms with E-state index in [4.69, 9.17) is 21.4 Å². The summed E-state index contributed by atoms with van der Waals surface area (Å²) in [5, 5.41) is 12.8. The van der Waals surface area contributed by atoms with Crippen LogP contribution in [0.5, 0.6) is 11.6 Å². The van der Waals surface area contributed by atoms with E-state index in [1.807, 2.05) is 0 Å². The molecule has 0 atom stereocenters. The molecule has 0 unspecified atom stereocenters. The predicted octanol–water partition coefficient (Wildman–Crippen LogP) is 5.45. The lowest BCUT2D eigenvalue weighted by Crippen LogP contribution is -2.10. The number of pyridine rings is 1. The summed E-state index contributed by atoms with van der Waals surface area (Å²) in [6, 6.07) is 4.07. The lowest BCUT2D eigenvalue weighted by atomic mass is 9.97. The Morgan fingerprint density at radius 3 is 2.61 bits per heavy atom. The van der Waals surface area contributed by atoms with Gasteiger partial charge < -0.3 is 9.84 Å². The number of halogens is 5. The van der Waals surface area contributed by atoms with Crippen LogP contribution in [0.15, 0.2) is 30.5 Å². The maximum absolute atomic E-state index is 14.6. The fourth-order valence-electron chi connectivity index (χ4n) is 3.50. The van der Waals surface area contributed by atoms with Crippen molar-refractivity contribution in [3.8, 4) is 17.3 Å². The monoisotopic (exact) mass is 455 g/mol. The predicted molar refractivity (Wildman–Crippen MR) is 101 cm³/mol. The van der Waals surface area contributed by atoms with Gasteiger partial charge in [0.1, 0.15) is 17.1 Å². The summed E-state index contributed by atoms with van der Waals surface area (Å²) < 4.78 is 61.6. The molecule has 31 heavy (non-hydrogen) atoms. The number of benzene rings is 1. The van der Waals surface area contributed by atoms with Crippen LogP contribution < -0.4 is 4.74 Å². The van der Waals surface area contributed by atoms with Crippen LogP contribution in [0.4, 0.5) is 17.6 Å². The quantitative estimate of drug-likeness (QED) is 0.418. The Hall–Kier alpha value is -3.14. The molecule has 1 aliphatic rings. The van der Waals surface area contributed by atoms with E-state index >= 15 is 0 Å². The highest BCUT2D eigenvalue weighted by atomic mass is 35.5. The average Bonchev–Trinajstić information content (AvgIpc) is 3.07. The fraction of sp³-hybridized carbons (Fsp3) is 0.250. The molecule has 0 radical (unpaired) electrons. The van der Waals surface area contributed by atoms with Crippen molar-refractivity contribution in [2.24, 2.45) is 0 Å². The fourth-order valence-corrected chi connectivity index (χ4v) is 3.69. The van der Waals surface area contributed by atoms with Gasteiger partial charge in [-0.05, 0) is 49.9 Å². The summed E-state index contributed by atoms with van der Waals surface area (Å²) in [6.07, 6.45) is -1.32. The Kier molecular flexibility index (Phi) is 5.34. The van der Waals surface area contributed by atoms with E-state index in [1.165, 1.54) is 16.8 Å². The highest BCUT2D eigenvalue weighted by Gasteiger charge is 2.37. The van der Waals surface area contributed by atoms with Gasteiger partial charge in [0, 0.05) is 11.8 Å². The molecule has 2 heterocycles. The van der Waals surface area contributed by atoms with Crippen molar-refractivity contribution in [1.29, 1.82) is 0 Å². The molecule has 0 bridgehead atoms. The van der Waals surface area contributed by atoms with E-state index in [9.17, 15) is 22.4 Å². The Balaban J connectivity index is 1.83. The minimum Gasteiger partial charge on any atom is -0.478 e. The molecule has 0 spiro atoms. The van der Waals surface area contributed by atoms with Crippen LogP contribution in [0.25, 0.3) is 5.69 Å². The van der Waals surface area contributed by atoms with Gasteiger partial charge in [0.05, 0.1) is 11.3 Å². The molecule has 6 nitrogen and oxygen atoms in total. The first kappa shape index (κ1) is 21.1. The van der Waals surface area contributed by atoms with E-state index in [2.05, 4.69) is 10.1 Å². The first-order valence-electron chi connectivity index (χ1n) is 9.20. The second kappa shape index (κ2) is 7.84. The van der Waals surface area contributed by atoms with Crippen LogP contribution in [0.1, 0.15) is 40.0 Å². The van der Waals surface area contributed by atoms with Crippen molar-refractivity contribution in [3.05, 3.63) is 63.8 Å². The van der Waals surface area contributed by atoms with Crippen LogP contribution in [0, 0.1) is 5.82 Å². The maximum Gasteiger partial charge on any atom is 0.420 e. The van der Waals surface area contributed by atoms with Crippen LogP contribution in [0.2, 0.25) is 5.15 Å². The topological polar surface area (TPSA) is 77.2 Å². The zero-order valence-electron chi connectivity index (χ0n) is 15.7. The van der Waals surface area contributed by atoms with Crippen molar-refractivity contribution >= 4 is 17.6 Å². The van der Waals surface area contributed by atoms with E-state index in [-0.39, 0.29) is 17.1 Å². The SMILES string of the molecule is O=C(O)c1ccc(-n2nc(Oc3c(C(F)(F)F)ccnc3Cl)c3c2CCCC3)c(F)c1. The van der Waals surface area contributed by atoms with Crippen LogP contribution in [-0.4, -0.2) is 25.8 Å². The first-order chi connectivity index (χ1) is 14.7. The summed E-state index contributed by atoms with van der Waals surface area (Å²) in [6.45, 7) is 0. The number of hydrogen-bond donors (Lipinski definition) is 1. The van der Waals surface area contributed by atoms with Gasteiger partial charge in [-0.25, -0.2) is 18.9 Å². The number of carbonyl (C=O) groups is 1. The third-order valence-electron chi connectivity index (χ3n) is 4.93. The number of aromatic nitrogens is 3. The van der Waals surface area contributed by atoms with Crippen molar-refractivity contribution in [3.63, 3.8) is 0 Å². The second-order valence-electron chi connectivity index (χ2n) is 6.90. The number of ether oxygens (including phenoxy) is 1.